The summed E-state index contributed by atoms with van der Waals surface area (Å²) in [7, 11) is 0. The number of nitrogens with zero attached hydrogens (tertiary/aromatic N) is 2. The average molecular weight is 304 g/mol. The van der Waals surface area contributed by atoms with Crippen LogP contribution < -0.4 is 0 Å². The summed E-state index contributed by atoms with van der Waals surface area (Å²) in [5, 5.41) is 9.77. The van der Waals surface area contributed by atoms with Crippen molar-refractivity contribution in [3.05, 3.63) is 47.1 Å². The van der Waals surface area contributed by atoms with Crippen LogP contribution in [0.5, 0.6) is 0 Å². The fraction of sp³-hybridized carbons (Fsp3) is 0.214. The Bertz CT molecular complexity index is 745. The Morgan fingerprint density at radius 3 is 2.81 bits per heavy atom. The van der Waals surface area contributed by atoms with E-state index < -0.39 is 12.1 Å². The van der Waals surface area contributed by atoms with Crippen LogP contribution in [0, 0.1) is 6.92 Å². The van der Waals surface area contributed by atoms with Gasteiger partial charge >= 0.3 is 5.97 Å². The summed E-state index contributed by atoms with van der Waals surface area (Å²) in [6.07, 6.45) is -0.649. The van der Waals surface area contributed by atoms with Gasteiger partial charge in [0, 0.05) is 0 Å². The number of carbonyl (C=O) groups is 1. The van der Waals surface area contributed by atoms with E-state index in [4.69, 9.17) is 13.6 Å². The molecule has 0 bridgehead atoms. The fourth-order valence-electron chi connectivity index (χ4n) is 1.71. The molecule has 0 aliphatic rings. The molecule has 3 heterocycles. The van der Waals surface area contributed by atoms with Crippen LogP contribution >= 0.6 is 11.3 Å². The van der Waals surface area contributed by atoms with Crippen LogP contribution in [0.1, 0.15) is 35.2 Å². The summed E-state index contributed by atoms with van der Waals surface area (Å²) in [4.78, 5) is 12.7. The molecule has 1 atom stereocenters. The summed E-state index contributed by atoms with van der Waals surface area (Å²) in [6.45, 7) is 3.42. The molecule has 0 fully saturated rings. The van der Waals surface area contributed by atoms with Crippen LogP contribution in [0.3, 0.4) is 0 Å². The Morgan fingerprint density at radius 1 is 1.29 bits per heavy atom. The smallest absolute Gasteiger partial charge is 0.375 e. The SMILES string of the molecule is Cc1ccc(C(=O)OC(C)c2nnc(-c3cccs3)o2)o1. The van der Waals surface area contributed by atoms with Gasteiger partial charge in [0.15, 0.2) is 6.10 Å². The quantitative estimate of drug-likeness (QED) is 0.685. The highest BCUT2D eigenvalue weighted by molar-refractivity contribution is 7.13. The van der Waals surface area contributed by atoms with Crippen molar-refractivity contribution >= 4 is 17.3 Å². The van der Waals surface area contributed by atoms with E-state index in [1.807, 2.05) is 17.5 Å². The van der Waals surface area contributed by atoms with Crippen LogP contribution in [-0.4, -0.2) is 16.2 Å². The molecule has 3 aromatic rings. The maximum absolute atomic E-state index is 11.9. The molecule has 0 spiro atoms. The van der Waals surface area contributed by atoms with Gasteiger partial charge in [0.25, 0.3) is 11.8 Å². The van der Waals surface area contributed by atoms with Gasteiger partial charge in [-0.05, 0) is 37.4 Å². The first kappa shape index (κ1) is 13.6. The van der Waals surface area contributed by atoms with Crippen molar-refractivity contribution in [3.8, 4) is 10.8 Å². The van der Waals surface area contributed by atoms with Crippen LogP contribution in [0.15, 0.2) is 38.5 Å². The van der Waals surface area contributed by atoms with Crippen molar-refractivity contribution in [2.24, 2.45) is 0 Å². The third kappa shape index (κ3) is 2.87. The van der Waals surface area contributed by atoms with Crippen molar-refractivity contribution in [1.29, 1.82) is 0 Å². The van der Waals surface area contributed by atoms with E-state index in [0.717, 1.165) is 4.88 Å². The lowest BCUT2D eigenvalue weighted by Gasteiger charge is -2.07. The number of furan rings is 1. The lowest BCUT2D eigenvalue weighted by atomic mass is 10.4. The van der Waals surface area contributed by atoms with Gasteiger partial charge in [0.05, 0.1) is 4.88 Å². The Hall–Kier alpha value is -2.41. The molecule has 0 radical (unpaired) electrons. The molecule has 7 heteroatoms. The third-order valence-corrected chi connectivity index (χ3v) is 3.60. The minimum absolute atomic E-state index is 0.150. The highest BCUT2D eigenvalue weighted by atomic mass is 32.1. The Balaban J connectivity index is 1.71. The van der Waals surface area contributed by atoms with E-state index in [2.05, 4.69) is 10.2 Å². The summed E-state index contributed by atoms with van der Waals surface area (Å²) < 4.78 is 16.0. The highest BCUT2D eigenvalue weighted by Gasteiger charge is 2.21. The number of hydrogen-bond acceptors (Lipinski definition) is 7. The predicted octanol–water partition coefficient (Wildman–Crippen LogP) is 3.62. The minimum atomic E-state index is -0.649. The zero-order valence-corrected chi connectivity index (χ0v) is 12.2. The van der Waals surface area contributed by atoms with Crippen molar-refractivity contribution in [3.63, 3.8) is 0 Å². The number of hydrogen-bond donors (Lipinski definition) is 0. The number of ether oxygens (including phenoxy) is 1. The van der Waals surface area contributed by atoms with E-state index in [1.54, 1.807) is 26.0 Å². The van der Waals surface area contributed by atoms with Crippen LogP contribution in [0.4, 0.5) is 0 Å². The minimum Gasteiger partial charge on any atom is -0.454 e. The van der Waals surface area contributed by atoms with E-state index >= 15 is 0 Å². The summed E-state index contributed by atoms with van der Waals surface area (Å²) in [5.74, 6) is 0.892. The van der Waals surface area contributed by atoms with Crippen molar-refractivity contribution < 1.29 is 18.4 Å². The summed E-state index contributed by atoms with van der Waals surface area (Å²) in [6, 6.07) is 7.04. The van der Waals surface area contributed by atoms with E-state index in [0.29, 0.717) is 11.7 Å². The molecule has 3 rings (SSSR count). The van der Waals surface area contributed by atoms with Crippen molar-refractivity contribution in [2.75, 3.05) is 0 Å². The monoisotopic (exact) mass is 304 g/mol. The number of thiophene rings is 1. The highest BCUT2D eigenvalue weighted by Crippen LogP contribution is 2.26. The van der Waals surface area contributed by atoms with Gasteiger partial charge in [-0.2, -0.15) is 0 Å². The topological polar surface area (TPSA) is 78.4 Å². The van der Waals surface area contributed by atoms with E-state index in [1.165, 1.54) is 11.3 Å². The molecular weight excluding hydrogens is 292 g/mol. The molecule has 0 aliphatic heterocycles. The van der Waals surface area contributed by atoms with Gasteiger partial charge < -0.3 is 13.6 Å². The Morgan fingerprint density at radius 2 is 2.14 bits per heavy atom. The molecule has 0 saturated carbocycles. The van der Waals surface area contributed by atoms with Gasteiger partial charge in [-0.3, -0.25) is 0 Å². The normalized spacial score (nSPS) is 12.3. The molecular formula is C14H12N2O4S. The van der Waals surface area contributed by atoms with Gasteiger partial charge in [0.1, 0.15) is 5.76 Å². The third-order valence-electron chi connectivity index (χ3n) is 2.75. The zero-order valence-electron chi connectivity index (χ0n) is 11.4. The van der Waals surface area contributed by atoms with E-state index in [9.17, 15) is 4.79 Å². The standard InChI is InChI=1S/C14H12N2O4S/c1-8-5-6-10(18-8)14(17)19-9(2)12-15-16-13(20-12)11-4-3-7-21-11/h3-7,9H,1-2H3. The maximum Gasteiger partial charge on any atom is 0.375 e. The van der Waals surface area contributed by atoms with Gasteiger partial charge in [-0.15, -0.1) is 21.5 Å². The Labute approximate surface area is 124 Å². The number of esters is 1. The lowest BCUT2D eigenvalue weighted by Crippen LogP contribution is -2.08. The first-order valence-electron chi connectivity index (χ1n) is 6.28. The molecule has 6 nitrogen and oxygen atoms in total. The van der Waals surface area contributed by atoms with Crippen LogP contribution in [-0.2, 0) is 4.74 Å². The average Bonchev–Trinajstić information content (AvgIpc) is 3.19. The molecule has 21 heavy (non-hydrogen) atoms. The maximum atomic E-state index is 11.9. The van der Waals surface area contributed by atoms with Crippen LogP contribution in [0.25, 0.3) is 10.8 Å². The van der Waals surface area contributed by atoms with E-state index in [-0.39, 0.29) is 11.7 Å². The number of carbonyl (C=O) groups excluding carboxylic acids is 1. The molecule has 0 aromatic carbocycles. The van der Waals surface area contributed by atoms with Crippen molar-refractivity contribution in [2.45, 2.75) is 20.0 Å². The largest absolute Gasteiger partial charge is 0.454 e. The Kier molecular flexibility index (Phi) is 3.57. The number of rotatable bonds is 4. The first-order chi connectivity index (χ1) is 10.1. The molecule has 0 saturated heterocycles. The second kappa shape index (κ2) is 5.53. The molecule has 0 N–H and O–H groups in total. The number of aryl methyl sites for hydroxylation is 1. The van der Waals surface area contributed by atoms with Crippen LogP contribution in [0.2, 0.25) is 0 Å². The zero-order chi connectivity index (χ0) is 14.8. The molecule has 3 aromatic heterocycles. The number of aromatic nitrogens is 2. The van der Waals surface area contributed by atoms with Gasteiger partial charge in [0.2, 0.25) is 5.76 Å². The molecule has 0 aliphatic carbocycles. The summed E-state index contributed by atoms with van der Waals surface area (Å²) in [5.41, 5.74) is 0. The molecule has 108 valence electrons. The molecule has 1 unspecified atom stereocenters. The predicted molar refractivity (Wildman–Crippen MR) is 74.9 cm³/mol. The van der Waals surface area contributed by atoms with Gasteiger partial charge in [-0.25, -0.2) is 4.79 Å². The van der Waals surface area contributed by atoms with Crippen molar-refractivity contribution in [1.82, 2.24) is 10.2 Å². The second-order valence-electron chi connectivity index (χ2n) is 4.38. The lowest BCUT2D eigenvalue weighted by molar-refractivity contribution is 0.0243. The molecule has 0 amide bonds. The summed E-state index contributed by atoms with van der Waals surface area (Å²) >= 11 is 1.50. The second-order valence-corrected chi connectivity index (χ2v) is 5.33. The first-order valence-corrected chi connectivity index (χ1v) is 7.16. The van der Waals surface area contributed by atoms with Gasteiger partial charge in [-0.1, -0.05) is 6.07 Å². The fourth-order valence-corrected chi connectivity index (χ4v) is 2.36.